The highest BCUT2D eigenvalue weighted by atomic mass is 79.9. The van der Waals surface area contributed by atoms with Crippen LogP contribution in [-0.2, 0) is 19.9 Å². The first kappa shape index (κ1) is 11.7. The number of likely N-dealkylation sites (N-methyl/N-ethyl adjacent to an activating group) is 1. The predicted molar refractivity (Wildman–Crippen MR) is 62.5 cm³/mol. The van der Waals surface area contributed by atoms with Crippen molar-refractivity contribution in [3.8, 4) is 0 Å². The van der Waals surface area contributed by atoms with Crippen molar-refractivity contribution in [3.05, 3.63) is 15.9 Å². The highest BCUT2D eigenvalue weighted by Crippen LogP contribution is 2.21. The molecule has 14 heavy (non-hydrogen) atoms. The molecule has 0 radical (unpaired) electrons. The normalized spacial score (nSPS) is 10.9. The number of rotatable bonds is 5. The van der Waals surface area contributed by atoms with Crippen LogP contribution in [0.5, 0.6) is 0 Å². The van der Waals surface area contributed by atoms with Crippen LogP contribution in [0.4, 0.5) is 0 Å². The molecular weight excluding hydrogens is 242 g/mol. The maximum atomic E-state index is 4.45. The third-order valence-corrected chi connectivity index (χ3v) is 3.21. The zero-order chi connectivity index (χ0) is 10.6. The number of hydrogen-bond donors (Lipinski definition) is 1. The van der Waals surface area contributed by atoms with Crippen molar-refractivity contribution in [1.82, 2.24) is 15.1 Å². The van der Waals surface area contributed by atoms with Crippen molar-refractivity contribution in [2.45, 2.75) is 26.7 Å². The van der Waals surface area contributed by atoms with Crippen LogP contribution in [-0.4, -0.2) is 22.9 Å². The predicted octanol–water partition coefficient (Wildman–Crippen LogP) is 1.90. The Morgan fingerprint density at radius 3 is 2.64 bits per heavy atom. The molecule has 0 saturated heterocycles. The second-order valence-electron chi connectivity index (χ2n) is 3.29. The highest BCUT2D eigenvalue weighted by Gasteiger charge is 2.11. The van der Waals surface area contributed by atoms with Crippen molar-refractivity contribution >= 4 is 15.9 Å². The van der Waals surface area contributed by atoms with Crippen LogP contribution in [0.2, 0.25) is 0 Å². The fourth-order valence-corrected chi connectivity index (χ4v) is 2.29. The van der Waals surface area contributed by atoms with Gasteiger partial charge in [-0.25, -0.2) is 0 Å². The molecule has 0 unspecified atom stereocenters. The summed E-state index contributed by atoms with van der Waals surface area (Å²) in [5.74, 6) is 0. The number of nitrogens with zero attached hydrogens (tertiary/aromatic N) is 2. The van der Waals surface area contributed by atoms with Crippen LogP contribution in [0, 0.1) is 0 Å². The van der Waals surface area contributed by atoms with Gasteiger partial charge in [0.2, 0.25) is 0 Å². The Labute approximate surface area is 94.0 Å². The molecule has 0 aromatic carbocycles. The Kier molecular flexibility index (Phi) is 4.62. The second-order valence-corrected chi connectivity index (χ2v) is 4.08. The summed E-state index contributed by atoms with van der Waals surface area (Å²) >= 11 is 3.60. The number of halogens is 1. The van der Waals surface area contributed by atoms with Crippen molar-refractivity contribution in [2.75, 3.05) is 13.1 Å². The van der Waals surface area contributed by atoms with E-state index < -0.39 is 0 Å². The molecule has 1 heterocycles. The zero-order valence-electron chi connectivity index (χ0n) is 9.10. The molecule has 0 atom stereocenters. The van der Waals surface area contributed by atoms with Crippen molar-refractivity contribution < 1.29 is 0 Å². The summed E-state index contributed by atoms with van der Waals surface area (Å²) in [4.78, 5) is 0. The molecule has 0 saturated carbocycles. The van der Waals surface area contributed by atoms with Crippen LogP contribution in [0.3, 0.4) is 0 Å². The Bertz CT molecular complexity index is 294. The number of hydrogen-bond acceptors (Lipinski definition) is 2. The molecule has 0 amide bonds. The molecule has 1 aromatic heterocycles. The van der Waals surface area contributed by atoms with E-state index in [1.165, 1.54) is 10.2 Å². The topological polar surface area (TPSA) is 29.9 Å². The van der Waals surface area contributed by atoms with Crippen LogP contribution in [0.25, 0.3) is 0 Å². The molecule has 1 aromatic rings. The monoisotopic (exact) mass is 259 g/mol. The smallest absolute Gasteiger partial charge is 0.0766 e. The van der Waals surface area contributed by atoms with E-state index in [2.05, 4.69) is 40.2 Å². The lowest BCUT2D eigenvalue weighted by Gasteiger charge is -2.03. The average Bonchev–Trinajstić information content (AvgIpc) is 2.45. The van der Waals surface area contributed by atoms with Crippen molar-refractivity contribution in [2.24, 2.45) is 7.05 Å². The zero-order valence-corrected chi connectivity index (χ0v) is 10.7. The summed E-state index contributed by atoms with van der Waals surface area (Å²) in [6.45, 7) is 6.28. The lowest BCUT2D eigenvalue weighted by Crippen LogP contribution is -2.17. The van der Waals surface area contributed by atoms with E-state index in [1.54, 1.807) is 0 Å². The highest BCUT2D eigenvalue weighted by molar-refractivity contribution is 9.10. The molecule has 0 aliphatic carbocycles. The van der Waals surface area contributed by atoms with E-state index in [0.717, 1.165) is 31.6 Å². The Hall–Kier alpha value is -0.350. The first-order valence-electron chi connectivity index (χ1n) is 5.11. The second kappa shape index (κ2) is 5.51. The van der Waals surface area contributed by atoms with Crippen molar-refractivity contribution in [3.63, 3.8) is 0 Å². The number of aromatic nitrogens is 2. The lowest BCUT2D eigenvalue weighted by molar-refractivity contribution is 0.653. The number of aryl methyl sites for hydroxylation is 2. The molecule has 0 aliphatic rings. The molecular formula is C10H18BrN3. The van der Waals surface area contributed by atoms with E-state index >= 15 is 0 Å². The average molecular weight is 260 g/mol. The van der Waals surface area contributed by atoms with Gasteiger partial charge < -0.3 is 5.32 Å². The van der Waals surface area contributed by atoms with Gasteiger partial charge in [-0.1, -0.05) is 13.8 Å². The van der Waals surface area contributed by atoms with Crippen LogP contribution in [0.15, 0.2) is 4.47 Å². The maximum absolute atomic E-state index is 4.45. The van der Waals surface area contributed by atoms with Crippen LogP contribution in [0.1, 0.15) is 25.2 Å². The molecule has 4 heteroatoms. The molecule has 0 aliphatic heterocycles. The molecule has 0 bridgehead atoms. The maximum Gasteiger partial charge on any atom is 0.0766 e. The first-order chi connectivity index (χ1) is 6.70. The standard InChI is InChI=1S/C10H18BrN3/c1-4-8-10(11)9(14(3)13-8)6-7-12-5-2/h12H,4-7H2,1-3H3. The molecule has 3 nitrogen and oxygen atoms in total. The van der Waals surface area contributed by atoms with Gasteiger partial charge in [0.15, 0.2) is 0 Å². The van der Waals surface area contributed by atoms with Gasteiger partial charge in [0, 0.05) is 20.0 Å². The summed E-state index contributed by atoms with van der Waals surface area (Å²) in [5.41, 5.74) is 2.43. The third kappa shape index (κ3) is 2.58. The number of nitrogens with one attached hydrogen (secondary N) is 1. The summed E-state index contributed by atoms with van der Waals surface area (Å²) in [6, 6.07) is 0. The molecule has 1 rings (SSSR count). The quantitative estimate of drug-likeness (QED) is 0.819. The van der Waals surface area contributed by atoms with Gasteiger partial charge in [-0.3, -0.25) is 4.68 Å². The summed E-state index contributed by atoms with van der Waals surface area (Å²) in [6.07, 6.45) is 2.01. The lowest BCUT2D eigenvalue weighted by atomic mass is 10.2. The van der Waals surface area contributed by atoms with Crippen LogP contribution < -0.4 is 5.32 Å². The third-order valence-electron chi connectivity index (χ3n) is 2.29. The summed E-state index contributed by atoms with van der Waals surface area (Å²) in [7, 11) is 2.01. The molecule has 1 N–H and O–H groups in total. The van der Waals surface area contributed by atoms with E-state index in [0.29, 0.717) is 0 Å². The largest absolute Gasteiger partial charge is 0.317 e. The summed E-state index contributed by atoms with van der Waals surface area (Å²) in [5, 5.41) is 7.77. The minimum atomic E-state index is 0.982. The minimum Gasteiger partial charge on any atom is -0.317 e. The van der Waals surface area contributed by atoms with Gasteiger partial charge in [-0.05, 0) is 28.9 Å². The fraction of sp³-hybridized carbons (Fsp3) is 0.700. The Morgan fingerprint density at radius 2 is 2.14 bits per heavy atom. The van der Waals surface area contributed by atoms with Gasteiger partial charge in [0.05, 0.1) is 15.9 Å². The van der Waals surface area contributed by atoms with Gasteiger partial charge >= 0.3 is 0 Å². The van der Waals surface area contributed by atoms with Gasteiger partial charge in [0.1, 0.15) is 0 Å². The van der Waals surface area contributed by atoms with E-state index in [9.17, 15) is 0 Å². The van der Waals surface area contributed by atoms with Crippen LogP contribution >= 0.6 is 15.9 Å². The van der Waals surface area contributed by atoms with Gasteiger partial charge in [0.25, 0.3) is 0 Å². The van der Waals surface area contributed by atoms with Crippen molar-refractivity contribution in [1.29, 1.82) is 0 Å². The van der Waals surface area contributed by atoms with E-state index in [-0.39, 0.29) is 0 Å². The molecule has 0 fully saturated rings. The van der Waals surface area contributed by atoms with Gasteiger partial charge in [-0.2, -0.15) is 5.10 Å². The Balaban J connectivity index is 2.70. The first-order valence-corrected chi connectivity index (χ1v) is 5.90. The Morgan fingerprint density at radius 1 is 1.43 bits per heavy atom. The van der Waals surface area contributed by atoms with Gasteiger partial charge in [-0.15, -0.1) is 0 Å². The SMILES string of the molecule is CCNCCc1c(Br)c(CC)nn1C. The van der Waals surface area contributed by atoms with E-state index in [1.807, 2.05) is 11.7 Å². The molecule has 80 valence electrons. The van der Waals surface area contributed by atoms with E-state index in [4.69, 9.17) is 0 Å². The minimum absolute atomic E-state index is 0.982. The molecule has 0 spiro atoms. The fourth-order valence-electron chi connectivity index (χ4n) is 1.47. The summed E-state index contributed by atoms with van der Waals surface area (Å²) < 4.78 is 3.15.